The molecule has 0 saturated carbocycles. The van der Waals surface area contributed by atoms with E-state index in [0.29, 0.717) is 6.04 Å². The van der Waals surface area contributed by atoms with Crippen molar-refractivity contribution in [3.05, 3.63) is 0 Å². The maximum atomic E-state index is 12.3. The van der Waals surface area contributed by atoms with Crippen LogP contribution in [0, 0.1) is 0 Å². The minimum atomic E-state index is -2.23. The van der Waals surface area contributed by atoms with Gasteiger partial charge in [0.1, 0.15) is 0 Å². The molecule has 0 amide bonds. The summed E-state index contributed by atoms with van der Waals surface area (Å²) < 4.78 is 24.6. The number of halogens is 2. The van der Waals surface area contributed by atoms with Gasteiger partial charge in [0.25, 0.3) is 6.43 Å². The number of nitrogens with one attached hydrogen (secondary N) is 1. The van der Waals surface area contributed by atoms with Crippen LogP contribution in [-0.2, 0) is 0 Å². The van der Waals surface area contributed by atoms with Gasteiger partial charge < -0.3 is 5.32 Å². The molecular formula is C8H16F2N2. The Morgan fingerprint density at radius 3 is 2.67 bits per heavy atom. The fourth-order valence-electron chi connectivity index (χ4n) is 1.49. The topological polar surface area (TPSA) is 15.3 Å². The van der Waals surface area contributed by atoms with E-state index in [-0.39, 0.29) is 0 Å². The fourth-order valence-corrected chi connectivity index (χ4v) is 1.49. The lowest BCUT2D eigenvalue weighted by Gasteiger charge is -2.35. The largest absolute Gasteiger partial charge is 0.312 e. The molecule has 1 heterocycles. The van der Waals surface area contributed by atoms with Crippen LogP contribution in [0.5, 0.6) is 0 Å². The lowest BCUT2D eigenvalue weighted by Crippen LogP contribution is -2.53. The molecule has 0 aromatic rings. The maximum absolute atomic E-state index is 12.3. The van der Waals surface area contributed by atoms with Crippen LogP contribution in [0.3, 0.4) is 0 Å². The zero-order valence-corrected chi connectivity index (χ0v) is 7.56. The van der Waals surface area contributed by atoms with E-state index in [9.17, 15) is 8.78 Å². The lowest BCUT2D eigenvalue weighted by molar-refractivity contribution is 0.0222. The van der Waals surface area contributed by atoms with Crippen LogP contribution in [0.4, 0.5) is 8.78 Å². The van der Waals surface area contributed by atoms with E-state index in [1.165, 1.54) is 0 Å². The van der Waals surface area contributed by atoms with Crippen LogP contribution in [0.2, 0.25) is 0 Å². The number of alkyl halides is 2. The van der Waals surface area contributed by atoms with E-state index in [4.69, 9.17) is 0 Å². The minimum absolute atomic E-state index is 0.333. The highest BCUT2D eigenvalue weighted by Crippen LogP contribution is 2.11. The van der Waals surface area contributed by atoms with E-state index >= 15 is 0 Å². The minimum Gasteiger partial charge on any atom is -0.312 e. The second-order valence-electron chi connectivity index (χ2n) is 3.43. The second kappa shape index (κ2) is 4.14. The highest BCUT2D eigenvalue weighted by molar-refractivity contribution is 4.79. The first-order valence-electron chi connectivity index (χ1n) is 4.37. The third-order valence-electron chi connectivity index (χ3n) is 2.34. The van der Waals surface area contributed by atoms with Gasteiger partial charge >= 0.3 is 0 Å². The van der Waals surface area contributed by atoms with E-state index < -0.39 is 12.5 Å². The third-order valence-corrected chi connectivity index (χ3v) is 2.34. The zero-order valence-electron chi connectivity index (χ0n) is 7.56. The van der Waals surface area contributed by atoms with Gasteiger partial charge in [0.05, 0.1) is 6.04 Å². The molecule has 1 saturated heterocycles. The zero-order chi connectivity index (χ0) is 9.14. The molecule has 0 spiro atoms. The molecule has 2 nitrogen and oxygen atoms in total. The third kappa shape index (κ3) is 2.38. The first-order chi connectivity index (χ1) is 5.61. The van der Waals surface area contributed by atoms with Gasteiger partial charge in [-0.2, -0.15) is 0 Å². The molecule has 1 fully saturated rings. The summed E-state index contributed by atoms with van der Waals surface area (Å²) in [5, 5.41) is 3.22. The molecule has 2 unspecified atom stereocenters. The summed E-state index contributed by atoms with van der Waals surface area (Å²) >= 11 is 0. The Bertz CT molecular complexity index is 141. The molecule has 12 heavy (non-hydrogen) atoms. The van der Waals surface area contributed by atoms with Gasteiger partial charge in [0.2, 0.25) is 0 Å². The standard InChI is InChI=1S/C8H16F2N2/c1-6-5-12(4-3-11-6)7(2)8(9)10/h6-8,11H,3-5H2,1-2H3. The SMILES string of the molecule is CC1CN(C(C)C(F)F)CCN1. The van der Waals surface area contributed by atoms with Crippen molar-refractivity contribution in [1.29, 1.82) is 0 Å². The molecule has 0 radical (unpaired) electrons. The lowest BCUT2D eigenvalue weighted by atomic mass is 10.2. The van der Waals surface area contributed by atoms with Gasteiger partial charge in [0, 0.05) is 25.7 Å². The van der Waals surface area contributed by atoms with Gasteiger partial charge in [-0.25, -0.2) is 8.78 Å². The summed E-state index contributed by atoms with van der Waals surface area (Å²) in [5.74, 6) is 0. The molecule has 1 rings (SSSR count). The maximum Gasteiger partial charge on any atom is 0.253 e. The fraction of sp³-hybridized carbons (Fsp3) is 1.00. The van der Waals surface area contributed by atoms with Crippen LogP contribution < -0.4 is 5.32 Å². The molecule has 0 bridgehead atoms. The van der Waals surface area contributed by atoms with Crippen molar-refractivity contribution in [2.75, 3.05) is 19.6 Å². The van der Waals surface area contributed by atoms with Crippen molar-refractivity contribution in [3.63, 3.8) is 0 Å². The summed E-state index contributed by atoms with van der Waals surface area (Å²) in [6, 6.07) is -0.269. The summed E-state index contributed by atoms with van der Waals surface area (Å²) in [5.41, 5.74) is 0. The summed E-state index contributed by atoms with van der Waals surface area (Å²) in [6.07, 6.45) is -2.23. The normalized spacial score (nSPS) is 29.2. The summed E-state index contributed by atoms with van der Waals surface area (Å²) in [6.45, 7) is 5.88. The van der Waals surface area contributed by atoms with Gasteiger partial charge in [-0.3, -0.25) is 4.90 Å². The molecule has 1 aliphatic heterocycles. The number of nitrogens with zero attached hydrogens (tertiary/aromatic N) is 1. The van der Waals surface area contributed by atoms with Crippen molar-refractivity contribution in [1.82, 2.24) is 10.2 Å². The summed E-state index contributed by atoms with van der Waals surface area (Å²) in [7, 11) is 0. The van der Waals surface area contributed by atoms with Crippen LogP contribution in [0.1, 0.15) is 13.8 Å². The Morgan fingerprint density at radius 1 is 1.50 bits per heavy atom. The molecule has 1 N–H and O–H groups in total. The predicted octanol–water partition coefficient (Wildman–Crippen LogP) is 0.934. The van der Waals surface area contributed by atoms with Crippen molar-refractivity contribution < 1.29 is 8.78 Å². The number of hydrogen-bond donors (Lipinski definition) is 1. The van der Waals surface area contributed by atoms with E-state index in [2.05, 4.69) is 5.32 Å². The van der Waals surface area contributed by atoms with Gasteiger partial charge in [0.15, 0.2) is 0 Å². The van der Waals surface area contributed by atoms with E-state index in [1.807, 2.05) is 11.8 Å². The first kappa shape index (κ1) is 9.86. The quantitative estimate of drug-likeness (QED) is 0.676. The average Bonchev–Trinajstić information content (AvgIpc) is 2.03. The average molecular weight is 178 g/mol. The van der Waals surface area contributed by atoms with Gasteiger partial charge in [-0.1, -0.05) is 0 Å². The van der Waals surface area contributed by atoms with Crippen LogP contribution in [-0.4, -0.2) is 43.0 Å². The molecule has 72 valence electrons. The Morgan fingerprint density at radius 2 is 2.17 bits per heavy atom. The predicted molar refractivity (Wildman–Crippen MR) is 44.5 cm³/mol. The number of piperazine rings is 1. The molecule has 4 heteroatoms. The molecular weight excluding hydrogens is 162 g/mol. The first-order valence-corrected chi connectivity index (χ1v) is 4.37. The molecule has 0 aromatic heterocycles. The molecule has 0 aromatic carbocycles. The highest BCUT2D eigenvalue weighted by Gasteiger charge is 2.25. The number of rotatable bonds is 2. The van der Waals surface area contributed by atoms with Gasteiger partial charge in [-0.05, 0) is 13.8 Å². The smallest absolute Gasteiger partial charge is 0.253 e. The Balaban J connectivity index is 2.40. The summed E-state index contributed by atoms with van der Waals surface area (Å²) in [4.78, 5) is 1.84. The monoisotopic (exact) mass is 178 g/mol. The Kier molecular flexibility index (Phi) is 3.40. The van der Waals surface area contributed by atoms with Crippen molar-refractivity contribution in [2.45, 2.75) is 32.4 Å². The van der Waals surface area contributed by atoms with Crippen molar-refractivity contribution in [2.24, 2.45) is 0 Å². The second-order valence-corrected chi connectivity index (χ2v) is 3.43. The van der Waals surface area contributed by atoms with Crippen molar-refractivity contribution in [3.8, 4) is 0 Å². The Labute approximate surface area is 71.9 Å². The van der Waals surface area contributed by atoms with E-state index in [1.54, 1.807) is 6.92 Å². The van der Waals surface area contributed by atoms with Crippen LogP contribution in [0.15, 0.2) is 0 Å². The molecule has 0 aliphatic carbocycles. The highest BCUT2D eigenvalue weighted by atomic mass is 19.3. The van der Waals surface area contributed by atoms with E-state index in [0.717, 1.165) is 19.6 Å². The molecule has 1 aliphatic rings. The number of hydrogen-bond acceptors (Lipinski definition) is 2. The van der Waals surface area contributed by atoms with Gasteiger partial charge in [-0.15, -0.1) is 0 Å². The van der Waals surface area contributed by atoms with Crippen LogP contribution in [0.25, 0.3) is 0 Å². The Hall–Kier alpha value is -0.220. The van der Waals surface area contributed by atoms with Crippen molar-refractivity contribution >= 4 is 0 Å². The van der Waals surface area contributed by atoms with Crippen LogP contribution >= 0.6 is 0 Å². The molecule has 2 atom stereocenters.